The number of carbonyl (C=O) groups excluding carboxylic acids is 1. The number of hydrogen-bond donors (Lipinski definition) is 2. The number of fused-ring (bicyclic) bond motifs is 1. The molecule has 0 radical (unpaired) electrons. The van der Waals surface area contributed by atoms with Crippen LogP contribution in [0.4, 0.5) is 4.39 Å². The van der Waals surface area contributed by atoms with Crippen molar-refractivity contribution in [2.75, 3.05) is 0 Å². The van der Waals surface area contributed by atoms with Crippen LogP contribution in [0.5, 0.6) is 0 Å². The number of para-hydroxylation sites is 1. The second-order valence-electron chi connectivity index (χ2n) is 6.79. The topological polar surface area (TPSA) is 44.9 Å². The van der Waals surface area contributed by atoms with Gasteiger partial charge in [0, 0.05) is 29.1 Å². The molecule has 1 aromatic heterocycles. The molecule has 1 heterocycles. The van der Waals surface area contributed by atoms with Crippen LogP contribution in [0.25, 0.3) is 22.2 Å². The average molecular weight is 352 g/mol. The Hall–Kier alpha value is -2.62. The lowest BCUT2D eigenvalue weighted by Gasteiger charge is -2.13. The molecule has 0 fully saturated rings. The summed E-state index contributed by atoms with van der Waals surface area (Å²) in [5.41, 5.74) is 4.02. The Morgan fingerprint density at radius 3 is 2.62 bits per heavy atom. The molecule has 3 rings (SSSR count). The summed E-state index contributed by atoms with van der Waals surface area (Å²) >= 11 is 0. The average Bonchev–Trinajstić information content (AvgIpc) is 2.99. The lowest BCUT2D eigenvalue weighted by atomic mass is 10.0. The van der Waals surface area contributed by atoms with Gasteiger partial charge in [-0.1, -0.05) is 31.5 Å². The summed E-state index contributed by atoms with van der Waals surface area (Å²) in [6, 6.07) is 14.7. The third-order valence-electron chi connectivity index (χ3n) is 4.68. The van der Waals surface area contributed by atoms with Crippen LogP contribution in [-0.4, -0.2) is 16.9 Å². The van der Waals surface area contributed by atoms with Gasteiger partial charge in [0.1, 0.15) is 5.82 Å². The molecule has 4 heteroatoms. The molecule has 0 aliphatic rings. The van der Waals surface area contributed by atoms with Crippen molar-refractivity contribution in [3.8, 4) is 11.3 Å². The van der Waals surface area contributed by atoms with Gasteiger partial charge in [-0.15, -0.1) is 0 Å². The molecule has 136 valence electrons. The number of aromatic amines is 1. The summed E-state index contributed by atoms with van der Waals surface area (Å²) in [4.78, 5) is 15.7. The summed E-state index contributed by atoms with van der Waals surface area (Å²) in [7, 11) is 0. The van der Waals surface area contributed by atoms with Gasteiger partial charge in [-0.2, -0.15) is 0 Å². The predicted molar refractivity (Wildman–Crippen MR) is 105 cm³/mol. The van der Waals surface area contributed by atoms with E-state index < -0.39 is 0 Å². The van der Waals surface area contributed by atoms with Crippen molar-refractivity contribution in [2.45, 2.75) is 45.6 Å². The van der Waals surface area contributed by atoms with E-state index in [2.05, 4.69) is 23.3 Å². The van der Waals surface area contributed by atoms with E-state index in [1.54, 1.807) is 12.1 Å². The van der Waals surface area contributed by atoms with E-state index in [0.29, 0.717) is 12.8 Å². The Morgan fingerprint density at radius 2 is 1.88 bits per heavy atom. The first-order chi connectivity index (χ1) is 12.6. The standard InChI is InChI=1S/C22H25FN2O/c1-3-6-15(2)24-21(26)14-13-19-18-7-4-5-8-20(18)25-22(19)16-9-11-17(23)12-10-16/h4-5,7-12,15,25H,3,6,13-14H2,1-2H3,(H,24,26). The first-order valence-corrected chi connectivity index (χ1v) is 9.23. The first kappa shape index (κ1) is 18.2. The Labute approximate surface area is 153 Å². The lowest BCUT2D eigenvalue weighted by molar-refractivity contribution is -0.121. The molecule has 1 unspecified atom stereocenters. The van der Waals surface area contributed by atoms with Crippen molar-refractivity contribution < 1.29 is 9.18 Å². The van der Waals surface area contributed by atoms with Crippen LogP contribution >= 0.6 is 0 Å². The van der Waals surface area contributed by atoms with Gasteiger partial charge < -0.3 is 10.3 Å². The molecule has 2 N–H and O–H groups in total. The number of benzene rings is 2. The number of H-pyrrole nitrogens is 1. The van der Waals surface area contributed by atoms with Gasteiger partial charge in [-0.3, -0.25) is 4.79 Å². The third kappa shape index (κ3) is 4.13. The Morgan fingerprint density at radius 1 is 1.15 bits per heavy atom. The lowest BCUT2D eigenvalue weighted by Crippen LogP contribution is -2.32. The zero-order chi connectivity index (χ0) is 18.5. The maximum atomic E-state index is 13.3. The summed E-state index contributed by atoms with van der Waals surface area (Å²) in [6.45, 7) is 4.15. The van der Waals surface area contributed by atoms with Gasteiger partial charge in [-0.25, -0.2) is 4.39 Å². The first-order valence-electron chi connectivity index (χ1n) is 9.23. The maximum Gasteiger partial charge on any atom is 0.220 e. The Kier molecular flexibility index (Phi) is 5.71. The van der Waals surface area contributed by atoms with Gasteiger partial charge in [0.05, 0.1) is 0 Å². The van der Waals surface area contributed by atoms with Gasteiger partial charge >= 0.3 is 0 Å². The monoisotopic (exact) mass is 352 g/mol. The maximum absolute atomic E-state index is 13.3. The molecule has 0 aliphatic carbocycles. The van der Waals surface area contributed by atoms with Crippen LogP contribution in [-0.2, 0) is 11.2 Å². The molecule has 0 spiro atoms. The number of amides is 1. The highest BCUT2D eigenvalue weighted by Crippen LogP contribution is 2.31. The van der Waals surface area contributed by atoms with Crippen molar-refractivity contribution in [1.29, 1.82) is 0 Å². The van der Waals surface area contributed by atoms with Gasteiger partial charge in [0.15, 0.2) is 0 Å². The van der Waals surface area contributed by atoms with Crippen LogP contribution in [0.15, 0.2) is 48.5 Å². The molecule has 3 nitrogen and oxygen atoms in total. The number of hydrogen-bond acceptors (Lipinski definition) is 1. The summed E-state index contributed by atoms with van der Waals surface area (Å²) in [5.74, 6) is -0.183. The van der Waals surface area contributed by atoms with Crippen LogP contribution in [0.3, 0.4) is 0 Å². The largest absolute Gasteiger partial charge is 0.354 e. The smallest absolute Gasteiger partial charge is 0.220 e. The van der Waals surface area contributed by atoms with Gasteiger partial charge in [-0.05, 0) is 61.2 Å². The highest BCUT2D eigenvalue weighted by atomic mass is 19.1. The van der Waals surface area contributed by atoms with Crippen molar-refractivity contribution in [3.05, 3.63) is 59.9 Å². The molecule has 0 saturated heterocycles. The van der Waals surface area contributed by atoms with Crippen LogP contribution < -0.4 is 5.32 Å². The molecule has 2 aromatic carbocycles. The summed E-state index contributed by atoms with van der Waals surface area (Å²) in [5, 5.41) is 4.17. The van der Waals surface area contributed by atoms with Gasteiger partial charge in [0.2, 0.25) is 5.91 Å². The quantitative estimate of drug-likeness (QED) is 0.602. The second kappa shape index (κ2) is 8.17. The number of halogens is 1. The van der Waals surface area contributed by atoms with Crippen molar-refractivity contribution in [2.24, 2.45) is 0 Å². The van der Waals surface area contributed by atoms with Crippen LogP contribution in [0, 0.1) is 5.82 Å². The van der Waals surface area contributed by atoms with E-state index in [4.69, 9.17) is 0 Å². The molecule has 3 aromatic rings. The minimum Gasteiger partial charge on any atom is -0.354 e. The molecule has 0 saturated carbocycles. The van der Waals surface area contributed by atoms with E-state index >= 15 is 0 Å². The summed E-state index contributed by atoms with van der Waals surface area (Å²) < 4.78 is 13.3. The minimum atomic E-state index is -0.254. The molecule has 26 heavy (non-hydrogen) atoms. The number of rotatable bonds is 7. The molecular weight excluding hydrogens is 327 g/mol. The van der Waals surface area contributed by atoms with Crippen LogP contribution in [0.2, 0.25) is 0 Å². The molecule has 0 bridgehead atoms. The highest BCUT2D eigenvalue weighted by molar-refractivity contribution is 5.91. The highest BCUT2D eigenvalue weighted by Gasteiger charge is 2.15. The normalized spacial score (nSPS) is 12.3. The fourth-order valence-corrected chi connectivity index (χ4v) is 3.41. The third-order valence-corrected chi connectivity index (χ3v) is 4.68. The fourth-order valence-electron chi connectivity index (χ4n) is 3.41. The number of nitrogens with one attached hydrogen (secondary N) is 2. The molecular formula is C22H25FN2O. The van der Waals surface area contributed by atoms with Crippen molar-refractivity contribution in [1.82, 2.24) is 10.3 Å². The number of aromatic nitrogens is 1. The zero-order valence-corrected chi connectivity index (χ0v) is 15.3. The number of carbonyl (C=O) groups is 1. The second-order valence-corrected chi connectivity index (χ2v) is 6.79. The van der Waals surface area contributed by atoms with Gasteiger partial charge in [0.25, 0.3) is 0 Å². The van der Waals surface area contributed by atoms with E-state index in [1.165, 1.54) is 12.1 Å². The number of aryl methyl sites for hydroxylation is 1. The molecule has 0 aliphatic heterocycles. The van der Waals surface area contributed by atoms with E-state index in [0.717, 1.165) is 40.6 Å². The predicted octanol–water partition coefficient (Wildman–Crippen LogP) is 5.21. The molecule has 1 atom stereocenters. The van der Waals surface area contributed by atoms with Crippen LogP contribution in [0.1, 0.15) is 38.7 Å². The molecule has 1 amide bonds. The fraction of sp³-hybridized carbons (Fsp3) is 0.318. The van der Waals surface area contributed by atoms with E-state index in [9.17, 15) is 9.18 Å². The zero-order valence-electron chi connectivity index (χ0n) is 15.3. The Bertz CT molecular complexity index is 883. The SMILES string of the molecule is CCCC(C)NC(=O)CCc1c(-c2ccc(F)cc2)[nH]c2ccccc12. The summed E-state index contributed by atoms with van der Waals surface area (Å²) in [6.07, 6.45) is 3.11. The minimum absolute atomic E-state index is 0.0706. The van der Waals surface area contributed by atoms with E-state index in [1.807, 2.05) is 25.1 Å². The Balaban J connectivity index is 1.85. The van der Waals surface area contributed by atoms with E-state index in [-0.39, 0.29) is 17.8 Å². The van der Waals surface area contributed by atoms with Crippen molar-refractivity contribution >= 4 is 16.8 Å². The van der Waals surface area contributed by atoms with Crippen molar-refractivity contribution in [3.63, 3.8) is 0 Å².